The average molecular weight is 584 g/mol. The number of rotatable bonds is 4. The summed E-state index contributed by atoms with van der Waals surface area (Å²) in [6.45, 7) is 4.47. The zero-order valence-corrected chi connectivity index (χ0v) is 24.7. The molecule has 0 unspecified atom stereocenters. The number of aryl methyl sites for hydroxylation is 2. The fourth-order valence-electron chi connectivity index (χ4n) is 3.88. The first kappa shape index (κ1) is 28.6. The second kappa shape index (κ2) is 11.8. The Morgan fingerprint density at radius 1 is 1.08 bits per heavy atom. The first-order valence-electron chi connectivity index (χ1n) is 12.0. The van der Waals surface area contributed by atoms with Gasteiger partial charge in [-0.1, -0.05) is 29.5 Å². The molecule has 0 saturated carbocycles. The maximum atomic E-state index is 13.1. The average Bonchev–Trinajstić information content (AvgIpc) is 3.40. The van der Waals surface area contributed by atoms with Gasteiger partial charge < -0.3 is 14.2 Å². The molecule has 2 aromatic carbocycles. The summed E-state index contributed by atoms with van der Waals surface area (Å²) < 4.78 is 42.1. The summed E-state index contributed by atoms with van der Waals surface area (Å²) in [4.78, 5) is 16.2. The summed E-state index contributed by atoms with van der Waals surface area (Å²) in [5.74, 6) is 0.816. The van der Waals surface area contributed by atoms with Crippen molar-refractivity contribution >= 4 is 50.0 Å². The lowest BCUT2D eigenvalue weighted by Crippen LogP contribution is -2.33. The van der Waals surface area contributed by atoms with Crippen molar-refractivity contribution in [2.75, 3.05) is 19.1 Å². The van der Waals surface area contributed by atoms with Gasteiger partial charge in [0.05, 0.1) is 22.4 Å². The fourth-order valence-corrected chi connectivity index (χ4v) is 6.81. The van der Waals surface area contributed by atoms with Crippen LogP contribution in [0.3, 0.4) is 0 Å². The van der Waals surface area contributed by atoms with Gasteiger partial charge >= 0.3 is 0 Å². The van der Waals surface area contributed by atoms with E-state index in [0.29, 0.717) is 6.54 Å². The Bertz CT molecular complexity index is 1780. The number of aromatic nitrogens is 2. The molecular weight excluding hydrogens is 555 g/mol. The molecule has 0 spiro atoms. The Balaban J connectivity index is 0.000000270. The van der Waals surface area contributed by atoms with Gasteiger partial charge in [-0.15, -0.1) is 11.3 Å². The summed E-state index contributed by atoms with van der Waals surface area (Å²) in [6, 6.07) is 15.9. The number of benzene rings is 2. The zero-order chi connectivity index (χ0) is 28.3. The highest BCUT2D eigenvalue weighted by molar-refractivity contribution is 8.08. The molecule has 11 heteroatoms. The second-order valence-corrected chi connectivity index (χ2v) is 12.3. The van der Waals surface area contributed by atoms with Crippen LogP contribution in [-0.4, -0.2) is 31.7 Å². The number of methoxy groups -OCH3 is 1. The second-order valence-electron chi connectivity index (χ2n) is 8.83. The van der Waals surface area contributed by atoms with Gasteiger partial charge in [0, 0.05) is 36.7 Å². The standard InChI is InChI=1S/C21H22N3O2S2.C7H8O3S/c1-5-24-18(12-14-8-10-22(2)11-9-14)28-19(20(24)25)21-23(3)16-13-15(26-4)6-7-17(16)27-21;1-6-2-4-7(5-3-6)11(8,9)10/h6-13H,5H2,1-4H3;2-5H,1H3,(H,8,9,10)/q+1;/p-1. The molecule has 0 N–H and O–H groups in total. The number of hydrogen-bond acceptors (Lipinski definition) is 8. The van der Waals surface area contributed by atoms with Crippen LogP contribution in [0, 0.1) is 6.92 Å². The van der Waals surface area contributed by atoms with Crippen molar-refractivity contribution in [1.29, 1.82) is 0 Å². The maximum Gasteiger partial charge on any atom is 0.271 e. The lowest BCUT2D eigenvalue weighted by molar-refractivity contribution is -0.671. The van der Waals surface area contributed by atoms with Gasteiger partial charge in [0.1, 0.15) is 32.5 Å². The number of thioether (sulfide) groups is 1. The van der Waals surface area contributed by atoms with E-state index in [1.165, 1.54) is 12.1 Å². The Morgan fingerprint density at radius 2 is 1.74 bits per heavy atom. The normalized spacial score (nSPS) is 14.6. The van der Waals surface area contributed by atoms with Crippen LogP contribution >= 0.6 is 23.1 Å². The van der Waals surface area contributed by atoms with Crippen molar-refractivity contribution < 1.29 is 22.3 Å². The van der Waals surface area contributed by atoms with Crippen molar-refractivity contribution in [2.24, 2.45) is 7.05 Å². The van der Waals surface area contributed by atoms with Gasteiger partial charge in [-0.25, -0.2) is 13.0 Å². The molecule has 39 heavy (non-hydrogen) atoms. The van der Waals surface area contributed by atoms with Crippen molar-refractivity contribution in [3.63, 3.8) is 0 Å². The Morgan fingerprint density at radius 3 is 2.33 bits per heavy atom. The van der Waals surface area contributed by atoms with E-state index in [0.717, 1.165) is 41.7 Å². The monoisotopic (exact) mass is 583 g/mol. The van der Waals surface area contributed by atoms with Crippen molar-refractivity contribution in [3.05, 3.63) is 97.7 Å². The molecule has 0 saturated heterocycles. The van der Waals surface area contributed by atoms with Crippen molar-refractivity contribution in [1.82, 2.24) is 4.57 Å². The first-order valence-corrected chi connectivity index (χ1v) is 15.1. The van der Waals surface area contributed by atoms with Gasteiger partial charge in [-0.3, -0.25) is 9.36 Å². The predicted molar refractivity (Wildman–Crippen MR) is 154 cm³/mol. The summed E-state index contributed by atoms with van der Waals surface area (Å²) in [5, 5.41) is 0.972. The lowest BCUT2D eigenvalue weighted by Gasteiger charge is -2.13. The number of anilines is 1. The number of fused-ring (bicyclic) bond motifs is 1. The molecule has 4 aromatic rings. The molecule has 8 nitrogen and oxygen atoms in total. The van der Waals surface area contributed by atoms with E-state index >= 15 is 0 Å². The fraction of sp³-hybridized carbons (Fsp3) is 0.214. The molecule has 0 atom stereocenters. The Kier molecular flexibility index (Phi) is 8.65. The van der Waals surface area contributed by atoms with Gasteiger partial charge in [0.15, 0.2) is 12.4 Å². The van der Waals surface area contributed by atoms with Gasteiger partial charge in [-0.2, -0.15) is 0 Å². The molecule has 0 fully saturated rings. The third-order valence-corrected chi connectivity index (χ3v) is 9.40. The smallest absolute Gasteiger partial charge is 0.271 e. The number of pyridine rings is 1. The molecule has 5 rings (SSSR count). The molecule has 0 radical (unpaired) electrons. The zero-order valence-electron chi connectivity index (χ0n) is 22.2. The SMILES string of the molecule is CCn1c(=Cc2cc[n+](C)cc2)sc(=C2Sc3ccc(OC)cc3N2C)c1=O.Cc1ccc(S(=O)(=O)[O-])cc1. The maximum absolute atomic E-state index is 13.1. The molecule has 0 amide bonds. The van der Waals surface area contributed by atoms with Gasteiger partial charge in [-0.05, 0) is 49.8 Å². The van der Waals surface area contributed by atoms with E-state index in [4.69, 9.17) is 4.74 Å². The topological polar surface area (TPSA) is 95.6 Å². The number of ether oxygens (including phenoxy) is 1. The molecule has 1 aliphatic rings. The van der Waals surface area contributed by atoms with Crippen LogP contribution in [0.1, 0.15) is 18.1 Å². The Labute approximate surface area is 235 Å². The Hall–Kier alpha value is -3.38. The van der Waals surface area contributed by atoms with Crippen molar-refractivity contribution in [3.8, 4) is 5.75 Å². The van der Waals surface area contributed by atoms with Crippen LogP contribution in [0.15, 0.2) is 81.6 Å². The molecular formula is C28H29N3O5S3. The third-order valence-electron chi connectivity index (χ3n) is 6.07. The molecule has 3 heterocycles. The van der Waals surface area contributed by atoms with E-state index in [1.54, 1.807) is 42.3 Å². The molecule has 0 aliphatic carbocycles. The van der Waals surface area contributed by atoms with Crippen LogP contribution in [0.4, 0.5) is 5.69 Å². The molecule has 2 aromatic heterocycles. The van der Waals surface area contributed by atoms with E-state index in [-0.39, 0.29) is 10.5 Å². The molecule has 204 valence electrons. The van der Waals surface area contributed by atoms with Gasteiger partial charge in [0.2, 0.25) is 0 Å². The third kappa shape index (κ3) is 6.44. The minimum Gasteiger partial charge on any atom is -0.744 e. The highest BCUT2D eigenvalue weighted by Crippen LogP contribution is 2.46. The van der Waals surface area contributed by atoms with Crippen LogP contribution in [0.25, 0.3) is 11.1 Å². The first-order chi connectivity index (χ1) is 18.5. The minimum atomic E-state index is -4.27. The number of nitrogens with zero attached hydrogens (tertiary/aromatic N) is 3. The van der Waals surface area contributed by atoms with Crippen LogP contribution in [-0.2, 0) is 23.7 Å². The van der Waals surface area contributed by atoms with Crippen molar-refractivity contribution in [2.45, 2.75) is 30.2 Å². The molecule has 0 bridgehead atoms. The summed E-state index contributed by atoms with van der Waals surface area (Å²) in [6.07, 6.45) is 6.09. The summed E-state index contributed by atoms with van der Waals surface area (Å²) in [7, 11) is 1.39. The predicted octanol–water partition coefficient (Wildman–Crippen LogP) is 2.80. The quantitative estimate of drug-likeness (QED) is 0.269. The van der Waals surface area contributed by atoms with Crippen LogP contribution < -0.4 is 29.0 Å². The van der Waals surface area contributed by atoms with E-state index in [1.807, 2.05) is 67.7 Å². The molecule has 1 aliphatic heterocycles. The van der Waals surface area contributed by atoms with E-state index in [2.05, 4.69) is 23.1 Å². The summed E-state index contributed by atoms with van der Waals surface area (Å²) in [5.41, 5.74) is 3.14. The number of thiazole rings is 1. The highest BCUT2D eigenvalue weighted by atomic mass is 32.2. The van der Waals surface area contributed by atoms with E-state index < -0.39 is 10.1 Å². The summed E-state index contributed by atoms with van der Waals surface area (Å²) >= 11 is 3.19. The van der Waals surface area contributed by atoms with Crippen LogP contribution in [0.5, 0.6) is 5.75 Å². The largest absolute Gasteiger partial charge is 0.744 e. The lowest BCUT2D eigenvalue weighted by atomic mass is 10.2. The number of hydrogen-bond donors (Lipinski definition) is 0. The van der Waals surface area contributed by atoms with Gasteiger partial charge in [0.25, 0.3) is 5.56 Å². The van der Waals surface area contributed by atoms with E-state index in [9.17, 15) is 17.8 Å². The highest BCUT2D eigenvalue weighted by Gasteiger charge is 2.25. The minimum absolute atomic E-state index is 0.0642. The van der Waals surface area contributed by atoms with Crippen LogP contribution in [0.2, 0.25) is 0 Å².